The molecule has 4 heterocycles. The molecule has 12 heteroatoms. The predicted octanol–water partition coefficient (Wildman–Crippen LogP) is 3.03. The molecule has 4 aliphatic rings. The zero-order valence-electron chi connectivity index (χ0n) is 25.3. The molecule has 4 aliphatic heterocycles. The summed E-state index contributed by atoms with van der Waals surface area (Å²) in [7, 11) is 1.55. The van der Waals surface area contributed by atoms with Gasteiger partial charge in [-0.05, 0) is 48.7 Å². The van der Waals surface area contributed by atoms with E-state index >= 15 is 0 Å². The van der Waals surface area contributed by atoms with Crippen LogP contribution >= 0.6 is 15.9 Å². The van der Waals surface area contributed by atoms with Gasteiger partial charge in [0.15, 0.2) is 0 Å². The van der Waals surface area contributed by atoms with Crippen molar-refractivity contribution in [2.24, 2.45) is 11.8 Å². The van der Waals surface area contributed by atoms with E-state index in [1.807, 2.05) is 42.5 Å². The van der Waals surface area contributed by atoms with Crippen LogP contribution in [0, 0.1) is 11.8 Å². The molecule has 5 bridgehead atoms. The lowest BCUT2D eigenvalue weighted by Crippen LogP contribution is -2.56. The van der Waals surface area contributed by atoms with Crippen molar-refractivity contribution in [2.45, 2.75) is 43.1 Å². The Hall–Kier alpha value is -4.00. The van der Waals surface area contributed by atoms with E-state index in [1.54, 1.807) is 42.4 Å². The van der Waals surface area contributed by atoms with Crippen LogP contribution in [0.1, 0.15) is 30.9 Å². The molecule has 0 aliphatic carbocycles. The van der Waals surface area contributed by atoms with E-state index in [0.29, 0.717) is 27.9 Å². The van der Waals surface area contributed by atoms with Gasteiger partial charge in [0.1, 0.15) is 35.5 Å². The van der Waals surface area contributed by atoms with Gasteiger partial charge in [0.25, 0.3) is 5.91 Å². The molecule has 2 fully saturated rings. The third-order valence-electron chi connectivity index (χ3n) is 9.05. The number of anilines is 1. The van der Waals surface area contributed by atoms with Crippen molar-refractivity contribution in [1.29, 1.82) is 0 Å². The first kappa shape index (κ1) is 32.0. The van der Waals surface area contributed by atoms with Gasteiger partial charge >= 0.3 is 5.97 Å². The number of nitrogens with one attached hydrogen (secondary N) is 1. The van der Waals surface area contributed by atoms with Gasteiger partial charge in [-0.1, -0.05) is 58.4 Å². The van der Waals surface area contributed by atoms with Gasteiger partial charge in [0, 0.05) is 36.3 Å². The van der Waals surface area contributed by atoms with Crippen molar-refractivity contribution in [1.82, 2.24) is 10.2 Å². The lowest BCUT2D eigenvalue weighted by Gasteiger charge is -2.35. The van der Waals surface area contributed by atoms with Crippen molar-refractivity contribution in [3.63, 3.8) is 0 Å². The molecule has 242 valence electrons. The van der Waals surface area contributed by atoms with E-state index in [4.69, 9.17) is 14.2 Å². The van der Waals surface area contributed by atoms with Gasteiger partial charge in [-0.15, -0.1) is 0 Å². The number of hydrogen-bond donors (Lipinski definition) is 2. The number of esters is 1. The largest absolute Gasteiger partial charge is 0.497 e. The Kier molecular flexibility index (Phi) is 9.30. The number of hydrogen-bond acceptors (Lipinski definition) is 8. The normalized spacial score (nSPS) is 30.5. The van der Waals surface area contributed by atoms with Crippen LogP contribution in [0.15, 0.2) is 77.3 Å². The molecule has 6 rings (SSSR count). The first-order valence-corrected chi connectivity index (χ1v) is 16.2. The monoisotopic (exact) mass is 693 g/mol. The maximum absolute atomic E-state index is 14.8. The second kappa shape index (κ2) is 13.4. The van der Waals surface area contributed by atoms with Crippen LogP contribution in [0.5, 0.6) is 5.75 Å². The Labute approximate surface area is 275 Å². The summed E-state index contributed by atoms with van der Waals surface area (Å²) in [5, 5.41) is 12.6. The minimum Gasteiger partial charge on any atom is -0.497 e. The van der Waals surface area contributed by atoms with E-state index in [1.165, 1.54) is 4.90 Å². The predicted molar refractivity (Wildman–Crippen MR) is 171 cm³/mol. The quantitative estimate of drug-likeness (QED) is 0.349. The molecule has 0 unspecified atom stereocenters. The molecule has 1 spiro atoms. The lowest BCUT2D eigenvalue weighted by atomic mass is 9.74. The number of rotatable bonds is 6. The summed E-state index contributed by atoms with van der Waals surface area (Å²) in [6, 6.07) is 15.0. The SMILES string of the molecule is COc1ccc(N2C/C=C\CCC(=O)NC[C@@H](c3ccccc3)OC(=O)[C@@H]3[C@H]4O[C@@]5(C=C4Br)[C@H](C2=O)N(CCCO)C(=O)[C@@H]35)cc1. The average molecular weight is 695 g/mol. The Morgan fingerprint density at radius 2 is 1.80 bits per heavy atom. The molecule has 2 aromatic rings. The number of carbonyl (C=O) groups is 4. The second-order valence-corrected chi connectivity index (χ2v) is 12.6. The first-order chi connectivity index (χ1) is 22.3. The zero-order valence-corrected chi connectivity index (χ0v) is 26.9. The second-order valence-electron chi connectivity index (χ2n) is 11.7. The van der Waals surface area contributed by atoms with E-state index in [0.717, 1.165) is 0 Å². The number of allylic oxidation sites excluding steroid dienone is 1. The number of carbonyl (C=O) groups excluding carboxylic acids is 4. The lowest BCUT2D eigenvalue weighted by molar-refractivity contribution is -0.159. The third kappa shape index (κ3) is 5.73. The van der Waals surface area contributed by atoms with Crippen molar-refractivity contribution >= 4 is 45.3 Å². The molecule has 0 aromatic heterocycles. The number of benzene rings is 2. The van der Waals surface area contributed by atoms with Crippen molar-refractivity contribution in [3.05, 3.63) is 82.9 Å². The molecule has 2 aromatic carbocycles. The molecular formula is C34H36BrN3O8. The van der Waals surface area contributed by atoms with Crippen LogP contribution in [-0.4, -0.2) is 84.8 Å². The molecule has 2 saturated heterocycles. The van der Waals surface area contributed by atoms with Gasteiger partial charge in [0.05, 0.1) is 19.6 Å². The van der Waals surface area contributed by atoms with Gasteiger partial charge < -0.3 is 34.4 Å². The molecular weight excluding hydrogens is 658 g/mol. The molecule has 6 atom stereocenters. The first-order valence-electron chi connectivity index (χ1n) is 15.4. The summed E-state index contributed by atoms with van der Waals surface area (Å²) >= 11 is 3.57. The van der Waals surface area contributed by atoms with Gasteiger partial charge in [-0.2, -0.15) is 0 Å². The van der Waals surface area contributed by atoms with Gasteiger partial charge in [-0.25, -0.2) is 0 Å². The topological polar surface area (TPSA) is 135 Å². The van der Waals surface area contributed by atoms with E-state index in [2.05, 4.69) is 21.2 Å². The summed E-state index contributed by atoms with van der Waals surface area (Å²) < 4.78 is 18.5. The summed E-state index contributed by atoms with van der Waals surface area (Å²) in [4.78, 5) is 59.0. The zero-order chi connectivity index (χ0) is 32.4. The fraction of sp³-hybridized carbons (Fsp3) is 0.412. The van der Waals surface area contributed by atoms with Crippen LogP contribution in [0.4, 0.5) is 5.69 Å². The fourth-order valence-corrected chi connectivity index (χ4v) is 7.64. The summed E-state index contributed by atoms with van der Waals surface area (Å²) in [5.41, 5.74) is -0.194. The molecule has 3 amide bonds. The number of nitrogens with zero attached hydrogens (tertiary/aromatic N) is 2. The average Bonchev–Trinajstić information content (AvgIpc) is 3.66. The van der Waals surface area contributed by atoms with Crippen LogP contribution in [0.25, 0.3) is 0 Å². The summed E-state index contributed by atoms with van der Waals surface area (Å²) in [6.45, 7) is 0.108. The number of ether oxygens (including phenoxy) is 3. The van der Waals surface area contributed by atoms with E-state index < -0.39 is 53.5 Å². The molecule has 0 radical (unpaired) electrons. The van der Waals surface area contributed by atoms with Crippen LogP contribution in [0.2, 0.25) is 0 Å². The van der Waals surface area contributed by atoms with Crippen molar-refractivity contribution in [2.75, 3.05) is 38.3 Å². The Morgan fingerprint density at radius 3 is 2.52 bits per heavy atom. The molecule has 0 saturated carbocycles. The molecule has 2 N–H and O–H groups in total. The number of cyclic esters (lactones) is 1. The van der Waals surface area contributed by atoms with Crippen LogP contribution in [0.3, 0.4) is 0 Å². The van der Waals surface area contributed by atoms with Crippen LogP contribution < -0.4 is 15.0 Å². The fourth-order valence-electron chi connectivity index (χ4n) is 6.90. The Bertz CT molecular complexity index is 1550. The minimum atomic E-state index is -1.45. The van der Waals surface area contributed by atoms with Gasteiger partial charge in [-0.3, -0.25) is 19.2 Å². The minimum absolute atomic E-state index is 0.0479. The standard InChI is InChI=1S/C34H36BrN3O8/c1-44-23-14-12-22(13-15-23)37-16-7-3-6-11-26(40)36-20-25(21-9-4-2-5-10-21)45-33(43)27-28-31(41)38(17-8-18-39)30(32(37)42)34(28)19-24(35)29(27)46-34/h2-5,7,9-10,12-15,19,25,27-30,39H,6,8,11,16-18,20H2,1H3,(H,36,40)/b7-3-/t25-,27-,28+,29-,30-,34+/m0/s1. The Balaban J connectivity index is 1.44. The van der Waals surface area contributed by atoms with Crippen LogP contribution in [-0.2, 0) is 28.7 Å². The van der Waals surface area contributed by atoms with E-state index in [-0.39, 0.29) is 45.0 Å². The maximum Gasteiger partial charge on any atom is 0.313 e. The number of amides is 3. The molecule has 11 nitrogen and oxygen atoms in total. The smallest absolute Gasteiger partial charge is 0.313 e. The third-order valence-corrected chi connectivity index (χ3v) is 9.73. The number of likely N-dealkylation sites (tertiary alicyclic amines) is 1. The highest BCUT2D eigenvalue weighted by Gasteiger charge is 2.75. The Morgan fingerprint density at radius 1 is 1.04 bits per heavy atom. The summed E-state index contributed by atoms with van der Waals surface area (Å²) in [6.07, 6.45) is 4.61. The van der Waals surface area contributed by atoms with Gasteiger partial charge in [0.2, 0.25) is 11.8 Å². The van der Waals surface area contributed by atoms with Crippen molar-refractivity contribution in [3.8, 4) is 5.75 Å². The number of aliphatic hydroxyl groups is 1. The highest BCUT2D eigenvalue weighted by Crippen LogP contribution is 2.59. The number of aliphatic hydroxyl groups excluding tert-OH is 1. The maximum atomic E-state index is 14.8. The summed E-state index contributed by atoms with van der Waals surface area (Å²) in [5.74, 6) is -3.16. The number of fused-ring (bicyclic) bond motifs is 2. The number of halogens is 1. The highest BCUT2D eigenvalue weighted by molar-refractivity contribution is 9.11. The number of methoxy groups -OCH3 is 1. The molecule has 46 heavy (non-hydrogen) atoms. The van der Waals surface area contributed by atoms with E-state index in [9.17, 15) is 24.3 Å². The highest BCUT2D eigenvalue weighted by atomic mass is 79.9. The van der Waals surface area contributed by atoms with Crippen molar-refractivity contribution < 1.29 is 38.5 Å².